The Hall–Kier alpha value is -16.5. The van der Waals surface area contributed by atoms with Crippen LogP contribution in [0.5, 0.6) is 0 Å². The van der Waals surface area contributed by atoms with Crippen LogP contribution in [0.4, 0.5) is 85.3 Å². The Kier molecular flexibility index (Phi) is 21.1. The third-order valence-corrected chi connectivity index (χ3v) is 24.9. The maximum atomic E-state index is 2.36. The van der Waals surface area contributed by atoms with E-state index in [9.17, 15) is 0 Å². The van der Waals surface area contributed by atoms with Crippen LogP contribution >= 0.6 is 0 Å². The molecule has 23 rings (SSSR count). The molecule has 0 aromatic heterocycles. The van der Waals surface area contributed by atoms with Crippen molar-refractivity contribution in [1.82, 2.24) is 0 Å². The zero-order valence-corrected chi connectivity index (χ0v) is 70.9. The molecule has 0 aliphatic carbocycles. The van der Waals surface area contributed by atoms with Crippen LogP contribution in [0.15, 0.2) is 491 Å². The summed E-state index contributed by atoms with van der Waals surface area (Å²) in [6, 6.07) is 177. The van der Waals surface area contributed by atoms with Crippen molar-refractivity contribution in [3.63, 3.8) is 0 Å². The summed E-state index contributed by atoms with van der Waals surface area (Å²) in [6.07, 6.45) is 0. The van der Waals surface area contributed by atoms with Crippen molar-refractivity contribution in [2.75, 3.05) is 50.5 Å². The summed E-state index contributed by atoms with van der Waals surface area (Å²) < 4.78 is 0. The third kappa shape index (κ3) is 16.0. The van der Waals surface area contributed by atoms with Gasteiger partial charge in [-0.25, -0.2) is 0 Å². The number of rotatable bonds is 16. The van der Waals surface area contributed by atoms with Gasteiger partial charge >= 0.3 is 0 Å². The van der Waals surface area contributed by atoms with Gasteiger partial charge < -0.3 is 29.4 Å². The van der Waals surface area contributed by atoms with Gasteiger partial charge in [-0.2, -0.15) is 0 Å². The summed E-state index contributed by atoms with van der Waals surface area (Å²) in [5, 5.41) is 24.8. The highest BCUT2D eigenvalue weighted by molar-refractivity contribution is 6.13. The van der Waals surface area contributed by atoms with Gasteiger partial charge in [-0.15, -0.1) is 0 Å². The molecule has 0 atom stereocenters. The van der Waals surface area contributed by atoms with E-state index in [1.807, 2.05) is 0 Å². The fourth-order valence-electron chi connectivity index (χ4n) is 18.2. The van der Waals surface area contributed by atoms with E-state index in [1.54, 1.807) is 0 Å². The summed E-state index contributed by atoms with van der Waals surface area (Å²) in [6.45, 7) is 0. The average molecular weight is 1630 g/mol. The molecule has 23 aromatic carbocycles. The number of nitrogens with zero attached hydrogens (tertiary/aromatic N) is 6. The smallest absolute Gasteiger partial charge is 0.0567 e. The zero-order chi connectivity index (χ0) is 85.1. The molecule has 127 heavy (non-hydrogen) atoms. The van der Waals surface area contributed by atoms with Gasteiger partial charge in [0.25, 0.3) is 0 Å². The highest BCUT2D eigenvalue weighted by Gasteiger charge is 2.22. The molecular formula is C121H90N6. The van der Waals surface area contributed by atoms with E-state index < -0.39 is 0 Å². The molecule has 0 bridgehead atoms. The lowest BCUT2D eigenvalue weighted by Crippen LogP contribution is -2.12. The van der Waals surface area contributed by atoms with Gasteiger partial charge in [-0.1, -0.05) is 303 Å². The summed E-state index contributed by atoms with van der Waals surface area (Å²) in [7, 11) is 6.44. The van der Waals surface area contributed by atoms with Crippen molar-refractivity contribution in [1.29, 1.82) is 0 Å². The van der Waals surface area contributed by atoms with Gasteiger partial charge in [0.1, 0.15) is 0 Å². The van der Waals surface area contributed by atoms with Crippen LogP contribution in [0.25, 0.3) is 119 Å². The minimum Gasteiger partial charge on any atom is -0.345 e. The van der Waals surface area contributed by atoms with Crippen LogP contribution < -0.4 is 29.4 Å². The molecule has 0 unspecified atom stereocenters. The fraction of sp³-hybridized carbons (Fsp3) is 0.0248. The van der Waals surface area contributed by atoms with Gasteiger partial charge in [0.2, 0.25) is 0 Å². The summed E-state index contributed by atoms with van der Waals surface area (Å²) >= 11 is 0. The van der Waals surface area contributed by atoms with Crippen LogP contribution in [0.2, 0.25) is 0 Å². The van der Waals surface area contributed by atoms with Gasteiger partial charge in [-0.3, -0.25) is 0 Å². The Morgan fingerprint density at radius 3 is 0.669 bits per heavy atom. The van der Waals surface area contributed by atoms with Crippen LogP contribution in [0.3, 0.4) is 0 Å². The maximum absolute atomic E-state index is 2.36. The molecule has 0 heterocycles. The molecule has 0 amide bonds. The SMILES string of the molecule is CN(c1ccc(N(c2ccc3ccccc3c2)c2ccc3ccccc3c2)cc1)c1c2ccccc2cc2ccccc12.CN(c1ccc(N(c2ccc3ccccc3c2)c2ccc3ccccc3c2)cc1)c1ccc2cc3ccccc3cc2c1.CN(c1ccc(N(c2ccc3ccccc3c2)c2ccc3ccccc3c2)cc1)c1cccc(-c2ccccc2)c1. The molecule has 0 aliphatic heterocycles. The number of fused-ring (bicyclic) bond motifs is 10. The first-order chi connectivity index (χ1) is 62.6. The Morgan fingerprint density at radius 1 is 0.118 bits per heavy atom. The number of anilines is 15. The highest BCUT2D eigenvalue weighted by Crippen LogP contribution is 2.46. The predicted octanol–water partition coefficient (Wildman–Crippen LogP) is 34.0. The van der Waals surface area contributed by atoms with Crippen LogP contribution in [0, 0.1) is 0 Å². The van der Waals surface area contributed by atoms with Crippen LogP contribution in [-0.2, 0) is 0 Å². The lowest BCUT2D eigenvalue weighted by molar-refractivity contribution is 1.20. The quantitative estimate of drug-likeness (QED) is 0.0892. The van der Waals surface area contributed by atoms with Gasteiger partial charge in [0.15, 0.2) is 0 Å². The Bertz CT molecular complexity index is 7690. The molecule has 0 aliphatic rings. The summed E-state index contributed by atoms with van der Waals surface area (Å²) in [5.74, 6) is 0. The topological polar surface area (TPSA) is 19.4 Å². The van der Waals surface area contributed by atoms with Crippen molar-refractivity contribution in [3.05, 3.63) is 491 Å². The van der Waals surface area contributed by atoms with E-state index in [-0.39, 0.29) is 0 Å². The van der Waals surface area contributed by atoms with E-state index in [0.717, 1.165) is 79.6 Å². The first kappa shape index (κ1) is 77.8. The molecule has 604 valence electrons. The maximum Gasteiger partial charge on any atom is 0.0567 e. The van der Waals surface area contributed by atoms with E-state index in [0.29, 0.717) is 0 Å². The first-order valence-electron chi connectivity index (χ1n) is 43.5. The largest absolute Gasteiger partial charge is 0.345 e. The van der Waals surface area contributed by atoms with Crippen molar-refractivity contribution in [2.45, 2.75) is 0 Å². The standard InChI is InChI=1S/2C41H30N2.C39H30N2/c1-42(41-39-16-8-6-14-33(39)26-34-15-7-9-17-40(34)41)35-22-24-36(25-23-35)43(37-20-18-29-10-2-4-12-31(29)27-37)38-21-19-30-11-3-5-13-32(30)28-38;1-42(39-17-16-35-24-31-10-6-7-11-32(31)25-36(35)28-39)37-20-22-38(23-21-37)43(40-18-14-29-8-2-4-12-33(29)26-40)41-19-15-30-9-3-5-13-34(30)27-41;1-40(37-17-9-16-34(26-37)29-10-3-2-4-11-29)35-22-24-36(25-23-35)41(38-20-18-30-12-5-7-14-32(30)27-38)39-21-19-31-13-6-8-15-33(31)28-39/h2*2-28H,1H3;2-28H,1H3. The van der Waals surface area contributed by atoms with Gasteiger partial charge in [0, 0.05) is 112 Å². The Labute approximate surface area is 741 Å². The van der Waals surface area contributed by atoms with Gasteiger partial charge in [0.05, 0.1) is 5.69 Å². The lowest BCUT2D eigenvalue weighted by Gasteiger charge is -2.28. The fourth-order valence-corrected chi connectivity index (χ4v) is 18.2. The third-order valence-electron chi connectivity index (χ3n) is 24.9. The monoisotopic (exact) mass is 1630 g/mol. The van der Waals surface area contributed by atoms with Gasteiger partial charge in [-0.05, 0) is 296 Å². The van der Waals surface area contributed by atoms with E-state index in [2.05, 4.69) is 542 Å². The molecule has 0 fully saturated rings. The highest BCUT2D eigenvalue weighted by atomic mass is 15.2. The second-order valence-corrected chi connectivity index (χ2v) is 32.7. The normalized spacial score (nSPS) is 11.3. The van der Waals surface area contributed by atoms with Crippen LogP contribution in [-0.4, -0.2) is 21.1 Å². The summed E-state index contributed by atoms with van der Waals surface area (Å²) in [4.78, 5) is 13.9. The average Bonchev–Trinajstić information content (AvgIpc) is 0.763. The van der Waals surface area contributed by atoms with Crippen molar-refractivity contribution >= 4 is 193 Å². The molecule has 0 saturated carbocycles. The molecular weight excluding hydrogens is 1540 g/mol. The summed E-state index contributed by atoms with van der Waals surface area (Å²) in [5.41, 5.74) is 19.6. The minimum absolute atomic E-state index is 1.12. The Balaban J connectivity index is 0.000000116. The molecule has 0 spiro atoms. The molecule has 23 aromatic rings. The van der Waals surface area contributed by atoms with Crippen molar-refractivity contribution in [3.8, 4) is 11.1 Å². The van der Waals surface area contributed by atoms with Crippen molar-refractivity contribution < 1.29 is 0 Å². The van der Waals surface area contributed by atoms with Crippen molar-refractivity contribution in [2.24, 2.45) is 0 Å². The molecule has 0 saturated heterocycles. The van der Waals surface area contributed by atoms with E-state index >= 15 is 0 Å². The van der Waals surface area contributed by atoms with E-state index in [4.69, 9.17) is 0 Å². The van der Waals surface area contributed by atoms with Crippen LogP contribution in [0.1, 0.15) is 0 Å². The number of hydrogen-bond donors (Lipinski definition) is 0. The molecule has 0 N–H and O–H groups in total. The second kappa shape index (κ2) is 34.4. The molecule has 6 nitrogen and oxygen atoms in total. The van der Waals surface area contributed by atoms with E-state index in [1.165, 1.54) is 125 Å². The lowest BCUT2D eigenvalue weighted by atomic mass is 10.00. The first-order valence-corrected chi connectivity index (χ1v) is 43.5. The molecule has 0 radical (unpaired) electrons. The second-order valence-electron chi connectivity index (χ2n) is 32.7. The molecule has 6 heteroatoms. The number of hydrogen-bond acceptors (Lipinski definition) is 6. The zero-order valence-electron chi connectivity index (χ0n) is 70.9. The number of benzene rings is 23. The Morgan fingerprint density at radius 2 is 0.331 bits per heavy atom. The predicted molar refractivity (Wildman–Crippen MR) is 547 cm³/mol. The minimum atomic E-state index is 1.12.